The van der Waals surface area contributed by atoms with E-state index in [1.807, 2.05) is 24.3 Å². The Bertz CT molecular complexity index is 1070. The molecule has 35 heavy (non-hydrogen) atoms. The molecule has 186 valence electrons. The predicted molar refractivity (Wildman–Crippen MR) is 133 cm³/mol. The standard InChI is InChI=1S/C28H34N2O5/c1-27(2,24(31)30(3)28(25(32)33)14-8-9-15-28)16-17-29-26(34)35-18-23-21-12-6-4-10-19(21)20-11-5-7-13-22(20)23/h4-7,10-13,23H,8-9,14-18H2,1-3H3,(H,29,34)(H,32,33). The van der Waals surface area contributed by atoms with Crippen molar-refractivity contribution < 1.29 is 24.2 Å². The van der Waals surface area contributed by atoms with Crippen LogP contribution in [0.15, 0.2) is 48.5 Å². The second-order valence-corrected chi connectivity index (χ2v) is 10.3. The van der Waals surface area contributed by atoms with E-state index in [9.17, 15) is 19.5 Å². The van der Waals surface area contributed by atoms with Crippen LogP contribution in [0, 0.1) is 5.41 Å². The van der Waals surface area contributed by atoms with Crippen LogP contribution in [-0.4, -0.2) is 53.7 Å². The largest absolute Gasteiger partial charge is 0.479 e. The predicted octanol–water partition coefficient (Wildman–Crippen LogP) is 4.80. The van der Waals surface area contributed by atoms with Crippen LogP contribution < -0.4 is 5.32 Å². The number of likely N-dealkylation sites (N-methyl/N-ethyl adjacent to an activating group) is 1. The lowest BCUT2D eigenvalue weighted by Gasteiger charge is -2.39. The third-order valence-electron chi connectivity index (χ3n) is 7.72. The minimum absolute atomic E-state index is 0.0153. The number of fused-ring (bicyclic) bond motifs is 3. The molecule has 0 atom stereocenters. The molecule has 2 aliphatic carbocycles. The number of rotatable bonds is 8. The molecule has 0 saturated heterocycles. The minimum Gasteiger partial charge on any atom is -0.479 e. The van der Waals surface area contributed by atoms with Crippen molar-refractivity contribution in [3.63, 3.8) is 0 Å². The fourth-order valence-corrected chi connectivity index (χ4v) is 5.53. The van der Waals surface area contributed by atoms with E-state index in [4.69, 9.17) is 4.74 Å². The highest BCUT2D eigenvalue weighted by molar-refractivity contribution is 5.89. The Labute approximate surface area is 206 Å². The number of alkyl carbamates (subject to hydrolysis) is 1. The van der Waals surface area contributed by atoms with Gasteiger partial charge in [0.1, 0.15) is 12.1 Å². The zero-order valence-corrected chi connectivity index (χ0v) is 20.7. The van der Waals surface area contributed by atoms with E-state index in [-0.39, 0.29) is 25.0 Å². The van der Waals surface area contributed by atoms with Gasteiger partial charge in [0.15, 0.2) is 0 Å². The van der Waals surface area contributed by atoms with Gasteiger partial charge in [-0.15, -0.1) is 0 Å². The number of hydrogen-bond acceptors (Lipinski definition) is 4. The number of aliphatic carboxylic acids is 1. The number of hydrogen-bond donors (Lipinski definition) is 2. The maximum Gasteiger partial charge on any atom is 0.407 e. The van der Waals surface area contributed by atoms with Crippen molar-refractivity contribution in [3.05, 3.63) is 59.7 Å². The van der Waals surface area contributed by atoms with Crippen LogP contribution in [0.3, 0.4) is 0 Å². The molecule has 2 N–H and O–H groups in total. The minimum atomic E-state index is -1.13. The summed E-state index contributed by atoms with van der Waals surface area (Å²) in [6, 6.07) is 16.3. The smallest absolute Gasteiger partial charge is 0.407 e. The summed E-state index contributed by atoms with van der Waals surface area (Å²) in [6.07, 6.45) is 2.38. The summed E-state index contributed by atoms with van der Waals surface area (Å²) in [4.78, 5) is 39.0. The number of nitrogens with one attached hydrogen (secondary N) is 1. The van der Waals surface area contributed by atoms with Gasteiger partial charge in [-0.25, -0.2) is 9.59 Å². The van der Waals surface area contributed by atoms with Crippen LogP contribution in [0.4, 0.5) is 4.79 Å². The molecule has 2 aliphatic rings. The molecular weight excluding hydrogens is 444 g/mol. The summed E-state index contributed by atoms with van der Waals surface area (Å²) in [7, 11) is 1.59. The molecule has 2 amide bonds. The van der Waals surface area contributed by atoms with Crippen molar-refractivity contribution in [2.75, 3.05) is 20.2 Å². The van der Waals surface area contributed by atoms with Crippen LogP contribution in [0.25, 0.3) is 11.1 Å². The van der Waals surface area contributed by atoms with E-state index in [1.54, 1.807) is 20.9 Å². The normalized spacial score (nSPS) is 16.3. The second-order valence-electron chi connectivity index (χ2n) is 10.3. The molecule has 4 rings (SSSR count). The third-order valence-corrected chi connectivity index (χ3v) is 7.72. The first-order chi connectivity index (χ1) is 16.7. The van der Waals surface area contributed by atoms with Crippen LogP contribution in [-0.2, 0) is 14.3 Å². The highest BCUT2D eigenvalue weighted by atomic mass is 16.5. The van der Waals surface area contributed by atoms with Gasteiger partial charge in [-0.05, 0) is 41.5 Å². The average Bonchev–Trinajstić information content (AvgIpc) is 3.46. The van der Waals surface area contributed by atoms with Crippen molar-refractivity contribution in [2.24, 2.45) is 5.41 Å². The summed E-state index contributed by atoms with van der Waals surface area (Å²) < 4.78 is 5.57. The van der Waals surface area contributed by atoms with Gasteiger partial charge in [-0.3, -0.25) is 4.79 Å². The maximum atomic E-state index is 13.2. The molecule has 0 radical (unpaired) electrons. The SMILES string of the molecule is CN(C(=O)C(C)(C)CCNC(=O)OCC1c2ccccc2-c2ccccc21)C1(C(=O)O)CCCC1. The van der Waals surface area contributed by atoms with Crippen LogP contribution in [0.5, 0.6) is 0 Å². The van der Waals surface area contributed by atoms with E-state index in [0.29, 0.717) is 19.3 Å². The van der Waals surface area contributed by atoms with Crippen LogP contribution in [0.1, 0.15) is 63.0 Å². The Morgan fingerprint density at radius 3 is 2.11 bits per heavy atom. The molecule has 2 aromatic rings. The lowest BCUT2D eigenvalue weighted by atomic mass is 9.84. The molecule has 0 bridgehead atoms. The van der Waals surface area contributed by atoms with E-state index >= 15 is 0 Å². The lowest BCUT2D eigenvalue weighted by Crippen LogP contribution is -2.56. The van der Waals surface area contributed by atoms with Crippen molar-refractivity contribution in [1.82, 2.24) is 10.2 Å². The first kappa shape index (κ1) is 24.8. The molecule has 2 aromatic carbocycles. The molecule has 0 heterocycles. The summed E-state index contributed by atoms with van der Waals surface area (Å²) in [6.45, 7) is 4.06. The highest BCUT2D eigenvalue weighted by Gasteiger charge is 2.49. The summed E-state index contributed by atoms with van der Waals surface area (Å²) in [5.41, 5.74) is 2.68. The second kappa shape index (κ2) is 9.72. The Hall–Kier alpha value is -3.35. The Kier molecular flexibility index (Phi) is 6.88. The Morgan fingerprint density at radius 1 is 1.03 bits per heavy atom. The van der Waals surface area contributed by atoms with Crippen LogP contribution >= 0.6 is 0 Å². The van der Waals surface area contributed by atoms with Gasteiger partial charge in [0.2, 0.25) is 5.91 Å². The maximum absolute atomic E-state index is 13.2. The topological polar surface area (TPSA) is 95.9 Å². The molecule has 1 saturated carbocycles. The number of benzene rings is 2. The molecule has 0 aliphatic heterocycles. The number of carbonyl (C=O) groups is 3. The van der Waals surface area contributed by atoms with Gasteiger partial charge in [0.05, 0.1) is 0 Å². The highest BCUT2D eigenvalue weighted by Crippen LogP contribution is 2.44. The quantitative estimate of drug-likeness (QED) is 0.568. The number of amides is 2. The number of nitrogens with zero attached hydrogens (tertiary/aromatic N) is 1. The monoisotopic (exact) mass is 478 g/mol. The average molecular weight is 479 g/mol. The van der Waals surface area contributed by atoms with Crippen molar-refractivity contribution in [2.45, 2.75) is 57.4 Å². The van der Waals surface area contributed by atoms with Gasteiger partial charge in [0.25, 0.3) is 0 Å². The molecule has 0 spiro atoms. The molecule has 0 unspecified atom stereocenters. The summed E-state index contributed by atoms with van der Waals surface area (Å²) >= 11 is 0. The number of carbonyl (C=O) groups excluding carboxylic acids is 2. The third kappa shape index (κ3) is 4.64. The molecule has 1 fully saturated rings. The van der Waals surface area contributed by atoms with Gasteiger partial charge < -0.3 is 20.1 Å². The zero-order chi connectivity index (χ0) is 25.2. The van der Waals surface area contributed by atoms with Gasteiger partial charge in [-0.1, -0.05) is 75.2 Å². The van der Waals surface area contributed by atoms with Gasteiger partial charge in [0, 0.05) is 24.9 Å². The lowest BCUT2D eigenvalue weighted by molar-refractivity contribution is -0.161. The Morgan fingerprint density at radius 2 is 1.57 bits per heavy atom. The number of ether oxygens (including phenoxy) is 1. The van der Waals surface area contributed by atoms with Gasteiger partial charge >= 0.3 is 12.1 Å². The molecule has 7 nitrogen and oxygen atoms in total. The van der Waals surface area contributed by atoms with E-state index < -0.39 is 23.0 Å². The number of carboxylic acids is 1. The molecule has 7 heteroatoms. The molecular formula is C28H34N2O5. The van der Waals surface area contributed by atoms with Crippen molar-refractivity contribution in [1.29, 1.82) is 0 Å². The fourth-order valence-electron chi connectivity index (χ4n) is 5.53. The Balaban J connectivity index is 1.31. The van der Waals surface area contributed by atoms with Gasteiger partial charge in [-0.2, -0.15) is 0 Å². The van der Waals surface area contributed by atoms with Crippen molar-refractivity contribution in [3.8, 4) is 11.1 Å². The summed E-state index contributed by atoms with van der Waals surface area (Å²) in [5.74, 6) is -1.19. The molecule has 0 aromatic heterocycles. The summed E-state index contributed by atoms with van der Waals surface area (Å²) in [5, 5.41) is 12.6. The van der Waals surface area contributed by atoms with E-state index in [0.717, 1.165) is 24.0 Å². The zero-order valence-electron chi connectivity index (χ0n) is 20.7. The van der Waals surface area contributed by atoms with Crippen LogP contribution in [0.2, 0.25) is 0 Å². The van der Waals surface area contributed by atoms with E-state index in [2.05, 4.69) is 29.6 Å². The fraction of sp³-hybridized carbons (Fsp3) is 0.464. The first-order valence-corrected chi connectivity index (χ1v) is 12.3. The first-order valence-electron chi connectivity index (χ1n) is 12.3. The van der Waals surface area contributed by atoms with Crippen molar-refractivity contribution >= 4 is 18.0 Å². The number of carboxylic acid groups (broad SMARTS) is 1. The van der Waals surface area contributed by atoms with E-state index in [1.165, 1.54) is 16.0 Å².